The van der Waals surface area contributed by atoms with Gasteiger partial charge < -0.3 is 18.9 Å². The lowest BCUT2D eigenvalue weighted by atomic mass is 10.0. The van der Waals surface area contributed by atoms with Crippen molar-refractivity contribution in [3.63, 3.8) is 0 Å². The Morgan fingerprint density at radius 2 is 1.88 bits per heavy atom. The van der Waals surface area contributed by atoms with Gasteiger partial charge in [-0.1, -0.05) is 18.2 Å². The number of ether oxygens (including phenoxy) is 4. The van der Waals surface area contributed by atoms with Crippen LogP contribution in [0.5, 0.6) is 23.0 Å². The molecule has 0 bridgehead atoms. The van der Waals surface area contributed by atoms with Crippen LogP contribution in [-0.4, -0.2) is 20.2 Å². The monoisotopic (exact) mass is 354 g/mol. The summed E-state index contributed by atoms with van der Waals surface area (Å²) in [5.74, 6) is 2.00. The molecule has 0 aliphatic carbocycles. The average Bonchev–Trinajstić information content (AvgIpc) is 3.05. The number of esters is 1. The van der Waals surface area contributed by atoms with E-state index in [9.17, 15) is 4.79 Å². The number of fused-ring (bicyclic) bond motifs is 1. The molecular formula is C21H22O5. The number of carbonyl (C=O) groups excluding carboxylic acids is 1. The number of methoxy groups -OCH3 is 2. The van der Waals surface area contributed by atoms with Crippen molar-refractivity contribution in [2.24, 2.45) is 0 Å². The van der Waals surface area contributed by atoms with Crippen molar-refractivity contribution in [1.82, 2.24) is 0 Å². The summed E-state index contributed by atoms with van der Waals surface area (Å²) in [6.45, 7) is 3.34. The minimum absolute atomic E-state index is 0.153. The van der Waals surface area contributed by atoms with Gasteiger partial charge in [-0.25, -0.2) is 0 Å². The molecule has 0 fully saturated rings. The van der Waals surface area contributed by atoms with E-state index in [1.807, 2.05) is 37.3 Å². The number of hydrogen-bond donors (Lipinski definition) is 0. The zero-order chi connectivity index (χ0) is 18.7. The van der Waals surface area contributed by atoms with Gasteiger partial charge in [0.2, 0.25) is 0 Å². The van der Waals surface area contributed by atoms with Crippen molar-refractivity contribution in [1.29, 1.82) is 0 Å². The fourth-order valence-electron chi connectivity index (χ4n) is 3.10. The molecule has 0 aromatic heterocycles. The van der Waals surface area contributed by atoms with Crippen molar-refractivity contribution in [2.45, 2.75) is 26.4 Å². The van der Waals surface area contributed by atoms with Crippen LogP contribution in [0, 0.1) is 0 Å². The predicted octanol–water partition coefficient (Wildman–Crippen LogP) is 4.34. The molecule has 1 aliphatic rings. The molecule has 0 unspecified atom stereocenters. The molecule has 5 heteroatoms. The van der Waals surface area contributed by atoms with Gasteiger partial charge in [0.15, 0.2) is 23.0 Å². The number of carbonyl (C=O) groups is 1. The molecule has 3 rings (SSSR count). The molecular weight excluding hydrogens is 332 g/mol. The second-order valence-corrected chi connectivity index (χ2v) is 6.03. The van der Waals surface area contributed by atoms with Crippen molar-refractivity contribution in [3.8, 4) is 23.0 Å². The first-order valence-electron chi connectivity index (χ1n) is 8.42. The lowest BCUT2D eigenvalue weighted by molar-refractivity contribution is -0.132. The van der Waals surface area contributed by atoms with Crippen LogP contribution in [0.4, 0.5) is 0 Å². The molecule has 0 radical (unpaired) electrons. The van der Waals surface area contributed by atoms with Gasteiger partial charge in [0.25, 0.3) is 0 Å². The average molecular weight is 354 g/mol. The van der Waals surface area contributed by atoms with E-state index < -0.39 is 0 Å². The molecule has 0 spiro atoms. The highest BCUT2D eigenvalue weighted by molar-refractivity contribution is 5.70. The highest BCUT2D eigenvalue weighted by atomic mass is 16.6. The van der Waals surface area contributed by atoms with Crippen molar-refractivity contribution in [3.05, 3.63) is 53.1 Å². The molecule has 1 atom stereocenters. The quantitative estimate of drug-likeness (QED) is 0.591. The lowest BCUT2D eigenvalue weighted by Crippen LogP contribution is -2.06. The second kappa shape index (κ2) is 7.52. The largest absolute Gasteiger partial charge is 0.493 e. The SMILES string of the molecule is C/C=C/c1cc2c(c(OC)c1)O[C@@H](c1ccc(OC(C)=O)c(OC)c1)C2. The Hall–Kier alpha value is -2.95. The molecule has 2 aromatic carbocycles. The van der Waals surface area contributed by atoms with Gasteiger partial charge in [-0.3, -0.25) is 4.79 Å². The molecule has 0 N–H and O–H groups in total. The zero-order valence-electron chi connectivity index (χ0n) is 15.4. The highest BCUT2D eigenvalue weighted by Gasteiger charge is 2.28. The summed E-state index contributed by atoms with van der Waals surface area (Å²) in [4.78, 5) is 11.2. The minimum atomic E-state index is -0.387. The zero-order valence-corrected chi connectivity index (χ0v) is 15.4. The number of benzene rings is 2. The van der Waals surface area contributed by atoms with Gasteiger partial charge in [-0.2, -0.15) is 0 Å². The highest BCUT2D eigenvalue weighted by Crippen LogP contribution is 2.45. The van der Waals surface area contributed by atoms with Gasteiger partial charge in [-0.15, -0.1) is 0 Å². The minimum Gasteiger partial charge on any atom is -0.493 e. The smallest absolute Gasteiger partial charge is 0.308 e. The molecule has 0 saturated heterocycles. The molecule has 136 valence electrons. The summed E-state index contributed by atoms with van der Waals surface area (Å²) in [6, 6.07) is 9.53. The van der Waals surface area contributed by atoms with Crippen LogP contribution in [-0.2, 0) is 11.2 Å². The van der Waals surface area contributed by atoms with Crippen molar-refractivity contribution >= 4 is 12.0 Å². The van der Waals surface area contributed by atoms with E-state index >= 15 is 0 Å². The standard InChI is InChI=1S/C21H22O5/c1-5-6-14-9-16-12-18(26-21(16)20(10-14)24-4)15-7-8-17(25-13(2)22)19(11-15)23-3/h5-11,18H,12H2,1-4H3/b6-5+/t18-/m1/s1. The van der Waals surface area contributed by atoms with Gasteiger partial charge >= 0.3 is 5.97 Å². The first kappa shape index (κ1) is 17.9. The summed E-state index contributed by atoms with van der Waals surface area (Å²) < 4.78 is 22.2. The van der Waals surface area contributed by atoms with E-state index in [-0.39, 0.29) is 12.1 Å². The Morgan fingerprint density at radius 3 is 2.54 bits per heavy atom. The first-order valence-corrected chi connectivity index (χ1v) is 8.42. The summed E-state index contributed by atoms with van der Waals surface area (Å²) in [5.41, 5.74) is 3.13. The predicted molar refractivity (Wildman–Crippen MR) is 99.1 cm³/mol. The maximum absolute atomic E-state index is 11.2. The van der Waals surface area contributed by atoms with Crippen LogP contribution in [0.1, 0.15) is 36.6 Å². The third kappa shape index (κ3) is 3.52. The Kier molecular flexibility index (Phi) is 5.16. The Morgan fingerprint density at radius 1 is 1.12 bits per heavy atom. The normalized spacial score (nSPS) is 15.5. The maximum Gasteiger partial charge on any atom is 0.308 e. The third-order valence-corrected chi connectivity index (χ3v) is 4.21. The fraction of sp³-hybridized carbons (Fsp3) is 0.286. The van der Waals surface area contributed by atoms with Gasteiger partial charge in [0.1, 0.15) is 6.10 Å². The molecule has 0 saturated carbocycles. The molecule has 1 aliphatic heterocycles. The fourth-order valence-corrected chi connectivity index (χ4v) is 3.10. The summed E-state index contributed by atoms with van der Waals surface area (Å²) in [7, 11) is 3.19. The molecule has 0 amide bonds. The Bertz CT molecular complexity index is 854. The number of allylic oxidation sites excluding steroid dienone is 1. The summed E-state index contributed by atoms with van der Waals surface area (Å²) in [6.07, 6.45) is 4.60. The first-order chi connectivity index (χ1) is 12.5. The van der Waals surface area contributed by atoms with Crippen LogP contribution in [0.2, 0.25) is 0 Å². The van der Waals surface area contributed by atoms with E-state index in [0.717, 1.165) is 34.6 Å². The topological polar surface area (TPSA) is 54.0 Å². The molecule has 1 heterocycles. The van der Waals surface area contributed by atoms with Crippen LogP contribution < -0.4 is 18.9 Å². The summed E-state index contributed by atoms with van der Waals surface area (Å²) >= 11 is 0. The van der Waals surface area contributed by atoms with Gasteiger partial charge in [-0.05, 0) is 42.3 Å². The molecule has 5 nitrogen and oxygen atoms in total. The second-order valence-electron chi connectivity index (χ2n) is 6.03. The Labute approximate surface area is 153 Å². The number of rotatable bonds is 5. The van der Waals surface area contributed by atoms with E-state index in [1.54, 1.807) is 20.3 Å². The van der Waals surface area contributed by atoms with E-state index in [4.69, 9.17) is 18.9 Å². The van der Waals surface area contributed by atoms with Crippen LogP contribution in [0.3, 0.4) is 0 Å². The van der Waals surface area contributed by atoms with Crippen LogP contribution in [0.15, 0.2) is 36.4 Å². The van der Waals surface area contributed by atoms with E-state index in [1.165, 1.54) is 6.92 Å². The van der Waals surface area contributed by atoms with Gasteiger partial charge in [0, 0.05) is 18.9 Å². The Balaban J connectivity index is 1.91. The third-order valence-electron chi connectivity index (χ3n) is 4.21. The van der Waals surface area contributed by atoms with Gasteiger partial charge in [0.05, 0.1) is 14.2 Å². The summed E-state index contributed by atoms with van der Waals surface area (Å²) in [5, 5.41) is 0. The van der Waals surface area contributed by atoms with Crippen molar-refractivity contribution < 1.29 is 23.7 Å². The van der Waals surface area contributed by atoms with Crippen LogP contribution in [0.25, 0.3) is 6.08 Å². The molecule has 26 heavy (non-hydrogen) atoms. The number of hydrogen-bond acceptors (Lipinski definition) is 5. The molecule has 2 aromatic rings. The van der Waals surface area contributed by atoms with Crippen molar-refractivity contribution in [2.75, 3.05) is 14.2 Å². The maximum atomic E-state index is 11.2. The van der Waals surface area contributed by atoms with E-state index in [2.05, 4.69) is 6.07 Å². The lowest BCUT2D eigenvalue weighted by Gasteiger charge is -2.15. The van der Waals surface area contributed by atoms with Crippen LogP contribution >= 0.6 is 0 Å². The van der Waals surface area contributed by atoms with E-state index in [0.29, 0.717) is 11.5 Å².